The predicted octanol–water partition coefficient (Wildman–Crippen LogP) is 4.05. The Kier molecular flexibility index (Phi) is 9.53. The van der Waals surface area contributed by atoms with E-state index in [4.69, 9.17) is 11.6 Å². The van der Waals surface area contributed by atoms with Gasteiger partial charge in [0.15, 0.2) is 0 Å². The van der Waals surface area contributed by atoms with Crippen molar-refractivity contribution in [2.24, 2.45) is 0 Å². The molecule has 0 saturated heterocycles. The maximum absolute atomic E-state index is 13.6. The van der Waals surface area contributed by atoms with Gasteiger partial charge in [0, 0.05) is 17.6 Å². The first-order valence-electron chi connectivity index (χ1n) is 11.2. The zero-order valence-electron chi connectivity index (χ0n) is 20.6. The fourth-order valence-electron chi connectivity index (χ4n) is 3.77. The van der Waals surface area contributed by atoms with Crippen molar-refractivity contribution in [3.63, 3.8) is 0 Å². The van der Waals surface area contributed by atoms with Crippen LogP contribution < -0.4 is 9.62 Å². The van der Waals surface area contributed by atoms with Gasteiger partial charge >= 0.3 is 0 Å². The molecule has 0 saturated carbocycles. The van der Waals surface area contributed by atoms with Gasteiger partial charge in [-0.05, 0) is 63.4 Å². The molecule has 2 rings (SSSR count). The van der Waals surface area contributed by atoms with Gasteiger partial charge in [0.2, 0.25) is 21.8 Å². The van der Waals surface area contributed by atoms with Crippen LogP contribution in [0.2, 0.25) is 5.02 Å². The van der Waals surface area contributed by atoms with Gasteiger partial charge in [-0.3, -0.25) is 13.9 Å². The number of halogens is 1. The number of aryl methyl sites for hydroxylation is 2. The SMILES string of the molecule is CC[C@@H](C(=O)NC(C)C)N(Cc1ccc(Cl)cc1)C(=O)CN(c1ccc(C)cc1C)S(C)(=O)=O. The molecule has 2 amide bonds. The molecule has 1 atom stereocenters. The Morgan fingerprint density at radius 1 is 1.06 bits per heavy atom. The van der Waals surface area contributed by atoms with Gasteiger partial charge in [0.05, 0.1) is 11.9 Å². The molecule has 0 spiro atoms. The summed E-state index contributed by atoms with van der Waals surface area (Å²) in [7, 11) is -3.76. The lowest BCUT2D eigenvalue weighted by Crippen LogP contribution is -2.53. The zero-order valence-corrected chi connectivity index (χ0v) is 22.2. The summed E-state index contributed by atoms with van der Waals surface area (Å²) in [6.07, 6.45) is 1.45. The number of amides is 2. The average Bonchev–Trinajstić information content (AvgIpc) is 2.72. The number of anilines is 1. The summed E-state index contributed by atoms with van der Waals surface area (Å²) in [5.41, 5.74) is 2.95. The van der Waals surface area contributed by atoms with E-state index in [0.29, 0.717) is 17.1 Å². The number of benzene rings is 2. The fourth-order valence-corrected chi connectivity index (χ4v) is 4.80. The largest absolute Gasteiger partial charge is 0.352 e. The first kappa shape index (κ1) is 27.7. The number of rotatable bonds is 10. The number of hydrogen-bond acceptors (Lipinski definition) is 4. The van der Waals surface area contributed by atoms with Crippen molar-refractivity contribution in [1.82, 2.24) is 10.2 Å². The van der Waals surface area contributed by atoms with Gasteiger partial charge in [-0.2, -0.15) is 0 Å². The van der Waals surface area contributed by atoms with Crippen LogP contribution in [0.15, 0.2) is 42.5 Å². The Bertz CT molecular complexity index is 1120. The van der Waals surface area contributed by atoms with Crippen molar-refractivity contribution in [3.05, 3.63) is 64.2 Å². The van der Waals surface area contributed by atoms with Crippen LogP contribution in [0.3, 0.4) is 0 Å². The van der Waals surface area contributed by atoms with Crippen LogP contribution in [-0.4, -0.2) is 50.0 Å². The minimum absolute atomic E-state index is 0.100. The smallest absolute Gasteiger partial charge is 0.244 e. The Hall–Kier alpha value is -2.58. The molecule has 186 valence electrons. The minimum atomic E-state index is -3.76. The summed E-state index contributed by atoms with van der Waals surface area (Å²) in [5.74, 6) is -0.747. The average molecular weight is 508 g/mol. The lowest BCUT2D eigenvalue weighted by Gasteiger charge is -2.33. The molecule has 2 aromatic carbocycles. The topological polar surface area (TPSA) is 86.8 Å². The minimum Gasteiger partial charge on any atom is -0.352 e. The van der Waals surface area contributed by atoms with E-state index in [1.807, 2.05) is 33.8 Å². The van der Waals surface area contributed by atoms with Crippen LogP contribution >= 0.6 is 11.6 Å². The third kappa shape index (κ3) is 7.46. The standard InChI is InChI=1S/C25H34ClN3O4S/c1-7-22(25(31)27-17(2)3)28(15-20-9-11-21(26)12-10-20)24(30)16-29(34(6,32)33)23-13-8-18(4)14-19(23)5/h8-14,17,22H,7,15-16H2,1-6H3,(H,27,31)/t22-/m0/s1. The Balaban J connectivity index is 2.46. The quantitative estimate of drug-likeness (QED) is 0.525. The molecule has 0 radical (unpaired) electrons. The summed E-state index contributed by atoms with van der Waals surface area (Å²) in [6, 6.07) is 11.5. The van der Waals surface area contributed by atoms with E-state index in [0.717, 1.165) is 27.3 Å². The Labute approximate surface area is 208 Å². The third-order valence-electron chi connectivity index (χ3n) is 5.38. The number of sulfonamides is 1. The molecule has 0 fully saturated rings. The summed E-state index contributed by atoms with van der Waals surface area (Å²) in [4.78, 5) is 28.0. The first-order chi connectivity index (χ1) is 15.8. The summed E-state index contributed by atoms with van der Waals surface area (Å²) < 4.78 is 26.5. The van der Waals surface area contributed by atoms with Gasteiger partial charge in [-0.25, -0.2) is 8.42 Å². The van der Waals surface area contributed by atoms with Crippen LogP contribution in [0.5, 0.6) is 0 Å². The number of hydrogen-bond donors (Lipinski definition) is 1. The monoisotopic (exact) mass is 507 g/mol. The summed E-state index contributed by atoms with van der Waals surface area (Å²) in [6.45, 7) is 8.97. The van der Waals surface area contributed by atoms with E-state index in [2.05, 4.69) is 5.32 Å². The summed E-state index contributed by atoms with van der Waals surface area (Å²) >= 11 is 6.00. The highest BCUT2D eigenvalue weighted by molar-refractivity contribution is 7.92. The molecule has 0 bridgehead atoms. The number of carbonyl (C=O) groups excluding carboxylic acids is 2. The zero-order chi connectivity index (χ0) is 25.6. The molecular weight excluding hydrogens is 474 g/mol. The maximum Gasteiger partial charge on any atom is 0.244 e. The van der Waals surface area contributed by atoms with Crippen LogP contribution in [0, 0.1) is 13.8 Å². The molecule has 0 aliphatic rings. The van der Waals surface area contributed by atoms with Crippen LogP contribution in [0.4, 0.5) is 5.69 Å². The first-order valence-corrected chi connectivity index (χ1v) is 13.4. The number of nitrogens with zero attached hydrogens (tertiary/aromatic N) is 2. The van der Waals surface area contributed by atoms with E-state index >= 15 is 0 Å². The van der Waals surface area contributed by atoms with E-state index in [9.17, 15) is 18.0 Å². The normalized spacial score (nSPS) is 12.4. The number of carbonyl (C=O) groups is 2. The molecule has 7 nitrogen and oxygen atoms in total. The molecule has 0 heterocycles. The summed E-state index contributed by atoms with van der Waals surface area (Å²) in [5, 5.41) is 3.43. The lowest BCUT2D eigenvalue weighted by atomic mass is 10.1. The fraction of sp³-hybridized carbons (Fsp3) is 0.440. The van der Waals surface area contributed by atoms with E-state index in [1.165, 1.54) is 4.90 Å². The van der Waals surface area contributed by atoms with Gasteiger partial charge < -0.3 is 10.2 Å². The highest BCUT2D eigenvalue weighted by atomic mass is 35.5. The van der Waals surface area contributed by atoms with Gasteiger partial charge in [-0.1, -0.05) is 48.4 Å². The third-order valence-corrected chi connectivity index (χ3v) is 6.76. The van der Waals surface area contributed by atoms with Gasteiger partial charge in [0.1, 0.15) is 12.6 Å². The second-order valence-corrected chi connectivity index (χ2v) is 11.1. The molecule has 0 aliphatic heterocycles. The van der Waals surface area contributed by atoms with Crippen LogP contribution in [0.25, 0.3) is 0 Å². The van der Waals surface area contributed by atoms with Crippen LogP contribution in [0.1, 0.15) is 43.9 Å². The molecular formula is C25H34ClN3O4S. The molecule has 34 heavy (non-hydrogen) atoms. The van der Waals surface area contributed by atoms with Crippen molar-refractivity contribution >= 4 is 39.1 Å². The lowest BCUT2D eigenvalue weighted by molar-refractivity contribution is -0.140. The van der Waals surface area contributed by atoms with Gasteiger partial charge in [0.25, 0.3) is 0 Å². The van der Waals surface area contributed by atoms with Crippen molar-refractivity contribution in [3.8, 4) is 0 Å². The molecule has 2 aromatic rings. The van der Waals surface area contributed by atoms with Crippen LogP contribution in [-0.2, 0) is 26.2 Å². The second-order valence-electron chi connectivity index (χ2n) is 8.80. The molecule has 0 unspecified atom stereocenters. The van der Waals surface area contributed by atoms with Gasteiger partial charge in [-0.15, -0.1) is 0 Å². The molecule has 1 N–H and O–H groups in total. The Morgan fingerprint density at radius 3 is 2.18 bits per heavy atom. The molecule has 9 heteroatoms. The van der Waals surface area contributed by atoms with Crippen molar-refractivity contribution < 1.29 is 18.0 Å². The van der Waals surface area contributed by atoms with E-state index < -0.39 is 28.5 Å². The Morgan fingerprint density at radius 2 is 1.68 bits per heavy atom. The highest BCUT2D eigenvalue weighted by Gasteiger charge is 2.32. The molecule has 0 aliphatic carbocycles. The maximum atomic E-state index is 13.6. The van der Waals surface area contributed by atoms with E-state index in [-0.39, 0.29) is 18.5 Å². The van der Waals surface area contributed by atoms with Crippen molar-refractivity contribution in [1.29, 1.82) is 0 Å². The number of nitrogens with one attached hydrogen (secondary N) is 1. The second kappa shape index (κ2) is 11.7. The van der Waals surface area contributed by atoms with E-state index in [1.54, 1.807) is 43.3 Å². The molecule has 0 aromatic heterocycles. The van der Waals surface area contributed by atoms with Crippen molar-refractivity contribution in [2.75, 3.05) is 17.1 Å². The predicted molar refractivity (Wildman–Crippen MR) is 137 cm³/mol. The highest BCUT2D eigenvalue weighted by Crippen LogP contribution is 2.24. The van der Waals surface area contributed by atoms with Crippen molar-refractivity contribution in [2.45, 2.75) is 59.7 Å².